The third-order valence-corrected chi connectivity index (χ3v) is 17.0. The molecule has 4 heterocycles. The van der Waals surface area contributed by atoms with Crippen molar-refractivity contribution in [2.75, 3.05) is 9.80 Å². The lowest BCUT2D eigenvalue weighted by atomic mass is 9.83. The van der Waals surface area contributed by atoms with E-state index < -0.39 is 0 Å². The normalized spacial score (nSPS) is 13.1. The third kappa shape index (κ3) is 7.11. The Hall–Kier alpha value is -8.34. The van der Waals surface area contributed by atoms with Crippen LogP contribution in [0.5, 0.6) is 0 Å². The molecule has 0 atom stereocenters. The maximum atomic E-state index is 2.65. The number of nitrogens with zero attached hydrogens (tertiary/aromatic N) is 4. The zero-order valence-electron chi connectivity index (χ0n) is 47.3. The molecular weight excluding hydrogens is 945 g/mol. The summed E-state index contributed by atoms with van der Waals surface area (Å²) in [7, 11) is 0. The van der Waals surface area contributed by atoms with Gasteiger partial charge in [0.25, 0.3) is 0 Å². The van der Waals surface area contributed by atoms with Gasteiger partial charge in [-0.15, -0.1) is 0 Å². The highest BCUT2D eigenvalue weighted by Gasteiger charge is 2.33. The molecule has 0 saturated heterocycles. The van der Waals surface area contributed by atoms with Crippen molar-refractivity contribution in [3.63, 3.8) is 0 Å². The Labute approximate surface area is 458 Å². The summed E-state index contributed by atoms with van der Waals surface area (Å²) in [5.41, 5.74) is 19.1. The zero-order chi connectivity index (χ0) is 53.9. The van der Waals surface area contributed by atoms with E-state index in [0.29, 0.717) is 0 Å². The van der Waals surface area contributed by atoms with Gasteiger partial charge >= 0.3 is 0 Å². The summed E-state index contributed by atoms with van der Waals surface area (Å²) in [4.78, 5) is 4.98. The molecule has 0 saturated carbocycles. The predicted molar refractivity (Wildman–Crippen MR) is 337 cm³/mol. The average Bonchev–Trinajstić information content (AvgIpc) is 3.30. The van der Waals surface area contributed by atoms with Gasteiger partial charge < -0.3 is 18.6 Å². The van der Waals surface area contributed by atoms with Gasteiger partial charge in [-0.3, -0.25) is 0 Å². The molecule has 0 unspecified atom stereocenters. The molecule has 0 radical (unpaired) electrons. The van der Waals surface area contributed by atoms with E-state index in [4.69, 9.17) is 0 Å². The number of aromatic nitrogens is 2. The van der Waals surface area contributed by atoms with E-state index in [-0.39, 0.29) is 21.7 Å². The highest BCUT2D eigenvalue weighted by atomic mass is 15.2. The van der Waals surface area contributed by atoms with Crippen molar-refractivity contribution >= 4 is 121 Å². The minimum absolute atomic E-state index is 0.110. The second kappa shape index (κ2) is 16.6. The first-order valence-corrected chi connectivity index (χ1v) is 28.0. The largest absolute Gasteiger partial charge is 0.308 e. The highest BCUT2D eigenvalue weighted by molar-refractivity contribution is 6.38. The fourth-order valence-corrected chi connectivity index (χ4v) is 12.9. The number of hydrogen-bond acceptors (Lipinski definition) is 2. The summed E-state index contributed by atoms with van der Waals surface area (Å²) in [5.74, 6) is 0. The first-order chi connectivity index (χ1) is 37.3. The highest BCUT2D eigenvalue weighted by Crippen LogP contribution is 2.54. The molecule has 78 heavy (non-hydrogen) atoms. The summed E-state index contributed by atoms with van der Waals surface area (Å²) in [6.07, 6.45) is 0. The van der Waals surface area contributed by atoms with Crippen LogP contribution in [0.2, 0.25) is 0 Å². The van der Waals surface area contributed by atoms with Crippen molar-refractivity contribution in [2.45, 2.75) is 105 Å². The minimum Gasteiger partial charge on any atom is -0.308 e. The van der Waals surface area contributed by atoms with Gasteiger partial charge in [-0.2, -0.15) is 0 Å². The molecule has 384 valence electrons. The second-order valence-corrected chi connectivity index (χ2v) is 26.3. The summed E-state index contributed by atoms with van der Waals surface area (Å²) in [5, 5.41) is 12.9. The van der Waals surface area contributed by atoms with Crippen LogP contribution < -0.4 is 9.80 Å². The Bertz CT molecular complexity index is 4290. The van der Waals surface area contributed by atoms with Gasteiger partial charge in [0.15, 0.2) is 0 Å². The third-order valence-electron chi connectivity index (χ3n) is 17.0. The number of hydrogen-bond donors (Lipinski definition) is 0. The minimum atomic E-state index is -0.116. The first kappa shape index (κ1) is 48.1. The zero-order valence-corrected chi connectivity index (χ0v) is 47.3. The lowest BCUT2D eigenvalue weighted by molar-refractivity contribution is 0.591. The van der Waals surface area contributed by atoms with E-state index in [1.807, 2.05) is 0 Å². The standard InChI is InChI=1S/C74H68N4/c1-71(2,3)46-37-54-56-39-48(73(7,8)9)43-62(75(50-25-17-13-18-26-50)51-27-19-14-20-28-51)69(56)77-60-35-33-45-34-36-61-66(64(45)65(60)58(41-46)67(54)77)59-42-47(72(4,5)6)38-55-57-40-49(74(10,11)12)44-63(70(57)78(61)68(55)59)76(52-29-21-15-22-30-52)53-31-23-16-24-32-53/h13-44H,1-12H3. The van der Waals surface area contributed by atoms with Gasteiger partial charge in [-0.05, 0) is 158 Å². The van der Waals surface area contributed by atoms with Gasteiger partial charge in [-0.25, -0.2) is 0 Å². The molecule has 0 bridgehead atoms. The Morgan fingerprint density at radius 2 is 0.538 bits per heavy atom. The predicted octanol–water partition coefficient (Wildman–Crippen LogP) is 21.3. The van der Waals surface area contributed by atoms with E-state index in [0.717, 1.165) is 22.7 Å². The molecule has 0 aliphatic rings. The molecule has 0 aliphatic heterocycles. The monoisotopic (exact) mass is 1010 g/mol. The van der Waals surface area contributed by atoms with Gasteiger partial charge in [0, 0.05) is 71.2 Å². The number of anilines is 6. The molecule has 4 aromatic heterocycles. The summed E-state index contributed by atoms with van der Waals surface area (Å²) in [6.45, 7) is 28.4. The number of benzene rings is 10. The Balaban J connectivity index is 1.21. The molecule has 0 N–H and O–H groups in total. The molecule has 0 fully saturated rings. The van der Waals surface area contributed by atoms with E-state index in [1.54, 1.807) is 0 Å². The van der Waals surface area contributed by atoms with Gasteiger partial charge in [0.2, 0.25) is 0 Å². The fourth-order valence-electron chi connectivity index (χ4n) is 12.9. The van der Waals surface area contributed by atoms with Crippen molar-refractivity contribution in [2.24, 2.45) is 0 Å². The maximum Gasteiger partial charge on any atom is 0.0783 e. The summed E-state index contributed by atoms with van der Waals surface area (Å²) < 4.78 is 5.30. The van der Waals surface area contributed by atoms with Crippen molar-refractivity contribution in [1.29, 1.82) is 0 Å². The topological polar surface area (TPSA) is 15.3 Å². The van der Waals surface area contributed by atoms with Crippen LogP contribution in [0, 0.1) is 0 Å². The quantitative estimate of drug-likeness (QED) is 0.165. The molecule has 0 spiro atoms. The average molecular weight is 1010 g/mol. The smallest absolute Gasteiger partial charge is 0.0783 e. The molecule has 14 rings (SSSR count). The molecule has 0 amide bonds. The molecule has 4 heteroatoms. The van der Waals surface area contributed by atoms with Crippen molar-refractivity contribution < 1.29 is 0 Å². The SMILES string of the molecule is CC(C)(C)c1cc(N(c2ccccc2)c2ccccc2)c2c(c1)c1cc(C(C)(C)C)cc3c4c5c(ccc4n2c13)ccc1c5c2cc(C(C)(C)C)cc3c4cc(C(C)(C)C)cc(N(c5ccccc5)c5ccccc5)c4n1c32. The van der Waals surface area contributed by atoms with Gasteiger partial charge in [0.1, 0.15) is 0 Å². The molecule has 0 aliphatic carbocycles. The van der Waals surface area contributed by atoms with Crippen LogP contribution in [-0.2, 0) is 21.7 Å². The molecule has 10 aromatic carbocycles. The summed E-state index contributed by atoms with van der Waals surface area (Å²) >= 11 is 0. The van der Waals surface area contributed by atoms with Crippen LogP contribution in [-0.4, -0.2) is 8.80 Å². The van der Waals surface area contributed by atoms with Gasteiger partial charge in [0.05, 0.1) is 44.5 Å². The van der Waals surface area contributed by atoms with E-state index in [9.17, 15) is 0 Å². The number of rotatable bonds is 6. The van der Waals surface area contributed by atoms with Crippen LogP contribution in [0.3, 0.4) is 0 Å². The number of para-hydroxylation sites is 4. The fraction of sp³-hybridized carbons (Fsp3) is 0.216. The van der Waals surface area contributed by atoms with Crippen LogP contribution in [0.15, 0.2) is 194 Å². The lowest BCUT2D eigenvalue weighted by Crippen LogP contribution is -2.15. The lowest BCUT2D eigenvalue weighted by Gasteiger charge is -2.29. The van der Waals surface area contributed by atoms with Crippen LogP contribution in [0.4, 0.5) is 34.1 Å². The van der Waals surface area contributed by atoms with Crippen molar-refractivity contribution in [1.82, 2.24) is 8.80 Å². The Morgan fingerprint density at radius 1 is 0.269 bits per heavy atom. The molecule has 14 aromatic rings. The summed E-state index contributed by atoms with van der Waals surface area (Å²) in [6, 6.07) is 73.6. The van der Waals surface area contributed by atoms with Crippen LogP contribution in [0.25, 0.3) is 87.0 Å². The number of fused-ring (bicyclic) bond motifs is 15. The first-order valence-electron chi connectivity index (χ1n) is 28.0. The van der Waals surface area contributed by atoms with Crippen molar-refractivity contribution in [3.05, 3.63) is 216 Å². The second-order valence-electron chi connectivity index (χ2n) is 26.3. The van der Waals surface area contributed by atoms with Gasteiger partial charge in [-0.1, -0.05) is 168 Å². The van der Waals surface area contributed by atoms with Crippen molar-refractivity contribution in [3.8, 4) is 0 Å². The van der Waals surface area contributed by atoms with E-state index in [1.165, 1.54) is 121 Å². The van der Waals surface area contributed by atoms with E-state index in [2.05, 4.69) is 296 Å². The molecule has 4 nitrogen and oxygen atoms in total. The Kier molecular flexibility index (Phi) is 10.2. The van der Waals surface area contributed by atoms with E-state index >= 15 is 0 Å². The molecular formula is C74H68N4. The van der Waals surface area contributed by atoms with Crippen LogP contribution in [0.1, 0.15) is 105 Å². The maximum absolute atomic E-state index is 2.65. The Morgan fingerprint density at radius 3 is 0.833 bits per heavy atom. The van der Waals surface area contributed by atoms with Crippen LogP contribution >= 0.6 is 0 Å².